The van der Waals surface area contributed by atoms with E-state index in [0.29, 0.717) is 0 Å². The van der Waals surface area contributed by atoms with Gasteiger partial charge in [-0.25, -0.2) is 4.79 Å². The fraction of sp³-hybridized carbons (Fsp3) is 0.278. The van der Waals surface area contributed by atoms with E-state index < -0.39 is 17.1 Å². The summed E-state index contributed by atoms with van der Waals surface area (Å²) in [6.07, 6.45) is 3.64. The zero-order valence-electron chi connectivity index (χ0n) is 13.2. The van der Waals surface area contributed by atoms with Crippen molar-refractivity contribution in [2.75, 3.05) is 0 Å². The van der Waals surface area contributed by atoms with Gasteiger partial charge >= 0.3 is 5.97 Å². The molecule has 0 aliphatic heterocycles. The molecule has 116 valence electrons. The number of carbonyl (C=O) groups excluding carboxylic acids is 1. The van der Waals surface area contributed by atoms with Gasteiger partial charge < -0.3 is 16.6 Å². The Bertz CT molecular complexity index is 754. The lowest BCUT2D eigenvalue weighted by molar-refractivity contribution is -0.160. The van der Waals surface area contributed by atoms with Gasteiger partial charge in [-0.15, -0.1) is 0 Å². The highest BCUT2D eigenvalue weighted by Gasteiger charge is 2.40. The van der Waals surface area contributed by atoms with Gasteiger partial charge in [-0.1, -0.05) is 42.5 Å². The lowest BCUT2D eigenvalue weighted by atomic mass is 9.81. The Balaban J connectivity index is 0.00000176. The third-order valence-electron chi connectivity index (χ3n) is 3.65. The molecule has 0 radical (unpaired) electrons. The van der Waals surface area contributed by atoms with E-state index in [9.17, 15) is 4.79 Å². The first-order valence-corrected chi connectivity index (χ1v) is 7.05. The average Bonchev–Trinajstić information content (AvgIpc) is 2.41. The van der Waals surface area contributed by atoms with Crippen molar-refractivity contribution < 1.29 is 9.53 Å². The van der Waals surface area contributed by atoms with Crippen molar-refractivity contribution >= 4 is 22.8 Å². The Morgan fingerprint density at radius 1 is 1.14 bits per heavy atom. The highest BCUT2D eigenvalue weighted by atomic mass is 16.6. The van der Waals surface area contributed by atoms with E-state index in [4.69, 9.17) is 10.5 Å². The van der Waals surface area contributed by atoms with Crippen LogP contribution in [0.5, 0.6) is 0 Å². The van der Waals surface area contributed by atoms with Crippen LogP contribution in [-0.2, 0) is 15.1 Å². The highest BCUT2D eigenvalue weighted by Crippen LogP contribution is 2.37. The van der Waals surface area contributed by atoms with Crippen molar-refractivity contribution in [2.24, 2.45) is 5.73 Å². The summed E-state index contributed by atoms with van der Waals surface area (Å²) < 4.78 is 5.51. The second-order valence-electron chi connectivity index (χ2n) is 6.46. The lowest BCUT2D eigenvalue weighted by Crippen LogP contribution is -2.47. The molecular weight excluding hydrogens is 276 g/mol. The summed E-state index contributed by atoms with van der Waals surface area (Å²) >= 11 is 0. The van der Waals surface area contributed by atoms with Crippen LogP contribution in [0.25, 0.3) is 16.8 Å². The third kappa shape index (κ3) is 2.51. The van der Waals surface area contributed by atoms with Gasteiger partial charge in [-0.3, -0.25) is 0 Å². The number of nitrogens with two attached hydrogens (primary N) is 1. The molecule has 0 spiro atoms. The first kappa shape index (κ1) is 16.2. The summed E-state index contributed by atoms with van der Waals surface area (Å²) in [7, 11) is 0. The molecule has 4 heteroatoms. The molecule has 0 saturated heterocycles. The molecular formula is C18H22N2O2. The molecule has 5 N–H and O–H groups in total. The first-order chi connectivity index (χ1) is 9.81. The van der Waals surface area contributed by atoms with Crippen LogP contribution in [0.4, 0.5) is 0 Å². The quantitative estimate of drug-likeness (QED) is 0.788. The summed E-state index contributed by atoms with van der Waals surface area (Å²) in [5, 5.41) is 2.10. The lowest BCUT2D eigenvalue weighted by Gasteiger charge is -2.32. The fourth-order valence-corrected chi connectivity index (χ4v) is 2.71. The van der Waals surface area contributed by atoms with Crippen LogP contribution in [0.1, 0.15) is 31.9 Å². The van der Waals surface area contributed by atoms with Crippen LogP contribution >= 0.6 is 0 Å². The van der Waals surface area contributed by atoms with Gasteiger partial charge in [0.1, 0.15) is 5.60 Å². The van der Waals surface area contributed by atoms with E-state index in [-0.39, 0.29) is 6.15 Å². The van der Waals surface area contributed by atoms with E-state index in [1.54, 1.807) is 6.08 Å². The standard InChI is InChI=1S/C18H19NO2.H3N/c1-17(2,3)21-16(20)18(19)11-10-13-7-4-6-12-8-5-9-14(18)15(12)13;/h4-11H,19H2,1-3H3;1H3. The maximum absolute atomic E-state index is 12.6. The predicted octanol–water partition coefficient (Wildman–Crippen LogP) is 3.52. The van der Waals surface area contributed by atoms with Crippen molar-refractivity contribution in [1.82, 2.24) is 6.15 Å². The summed E-state index contributed by atoms with van der Waals surface area (Å²) in [5.41, 5.74) is 6.49. The number of benzene rings is 2. The molecule has 2 aromatic carbocycles. The van der Waals surface area contributed by atoms with Crippen LogP contribution in [0.2, 0.25) is 0 Å². The predicted molar refractivity (Wildman–Crippen MR) is 89.7 cm³/mol. The number of hydrogen-bond donors (Lipinski definition) is 2. The molecule has 1 aliphatic carbocycles. The highest BCUT2D eigenvalue weighted by molar-refractivity contribution is 6.02. The van der Waals surface area contributed by atoms with E-state index in [0.717, 1.165) is 21.9 Å². The Hall–Kier alpha value is -2.17. The molecule has 0 amide bonds. The maximum atomic E-state index is 12.6. The van der Waals surface area contributed by atoms with Gasteiger partial charge in [0.05, 0.1) is 0 Å². The minimum Gasteiger partial charge on any atom is -0.458 e. The summed E-state index contributed by atoms with van der Waals surface area (Å²) in [4.78, 5) is 12.6. The minimum absolute atomic E-state index is 0. The minimum atomic E-state index is -1.23. The largest absolute Gasteiger partial charge is 0.458 e. The first-order valence-electron chi connectivity index (χ1n) is 7.05. The normalized spacial score (nSPS) is 19.6. The molecule has 22 heavy (non-hydrogen) atoms. The molecule has 0 bridgehead atoms. The van der Waals surface area contributed by atoms with Crippen LogP contribution in [-0.4, -0.2) is 11.6 Å². The zero-order valence-corrected chi connectivity index (χ0v) is 13.2. The summed E-state index contributed by atoms with van der Waals surface area (Å²) in [6.45, 7) is 5.53. The monoisotopic (exact) mass is 298 g/mol. The molecule has 1 aliphatic rings. The maximum Gasteiger partial charge on any atom is 0.335 e. The number of hydrogen-bond acceptors (Lipinski definition) is 4. The molecule has 1 unspecified atom stereocenters. The van der Waals surface area contributed by atoms with Crippen LogP contribution in [0.15, 0.2) is 42.5 Å². The SMILES string of the molecule is CC(C)(C)OC(=O)C1(N)C=Cc2cccc3cccc1c23.N. The van der Waals surface area contributed by atoms with Gasteiger partial charge in [0, 0.05) is 0 Å². The Morgan fingerprint density at radius 3 is 2.41 bits per heavy atom. The number of ether oxygens (including phenoxy) is 1. The van der Waals surface area contributed by atoms with Crippen molar-refractivity contribution in [3.05, 3.63) is 53.6 Å². The third-order valence-corrected chi connectivity index (χ3v) is 3.65. The molecule has 4 nitrogen and oxygen atoms in total. The van der Waals surface area contributed by atoms with Crippen LogP contribution in [0, 0.1) is 0 Å². The molecule has 0 fully saturated rings. The Kier molecular flexibility index (Phi) is 3.85. The van der Waals surface area contributed by atoms with Crippen LogP contribution in [0.3, 0.4) is 0 Å². The second-order valence-corrected chi connectivity index (χ2v) is 6.46. The van der Waals surface area contributed by atoms with Gasteiger partial charge in [0.15, 0.2) is 5.54 Å². The van der Waals surface area contributed by atoms with Gasteiger partial charge in [-0.05, 0) is 48.7 Å². The number of esters is 1. The van der Waals surface area contributed by atoms with Crippen molar-refractivity contribution in [1.29, 1.82) is 0 Å². The van der Waals surface area contributed by atoms with Crippen molar-refractivity contribution in [2.45, 2.75) is 31.9 Å². The molecule has 1 atom stereocenters. The molecule has 0 heterocycles. The van der Waals surface area contributed by atoms with Gasteiger partial charge in [0.2, 0.25) is 0 Å². The second kappa shape index (κ2) is 5.23. The average molecular weight is 298 g/mol. The van der Waals surface area contributed by atoms with E-state index in [1.807, 2.05) is 63.2 Å². The summed E-state index contributed by atoms with van der Waals surface area (Å²) in [6, 6.07) is 11.9. The van der Waals surface area contributed by atoms with E-state index >= 15 is 0 Å². The summed E-state index contributed by atoms with van der Waals surface area (Å²) in [5.74, 6) is -0.423. The molecule has 2 aromatic rings. The van der Waals surface area contributed by atoms with Gasteiger partial charge in [-0.2, -0.15) is 0 Å². The number of rotatable bonds is 1. The van der Waals surface area contributed by atoms with E-state index in [1.165, 1.54) is 0 Å². The topological polar surface area (TPSA) is 87.3 Å². The van der Waals surface area contributed by atoms with E-state index in [2.05, 4.69) is 0 Å². The van der Waals surface area contributed by atoms with Crippen LogP contribution < -0.4 is 11.9 Å². The van der Waals surface area contributed by atoms with Gasteiger partial charge in [0.25, 0.3) is 0 Å². The molecule has 3 rings (SSSR count). The fourth-order valence-electron chi connectivity index (χ4n) is 2.71. The van der Waals surface area contributed by atoms with Crippen molar-refractivity contribution in [3.63, 3.8) is 0 Å². The Morgan fingerprint density at radius 2 is 1.77 bits per heavy atom. The zero-order chi connectivity index (χ0) is 15.3. The van der Waals surface area contributed by atoms with Crippen molar-refractivity contribution in [3.8, 4) is 0 Å². The smallest absolute Gasteiger partial charge is 0.335 e. The number of carbonyl (C=O) groups is 1. The Labute approximate surface area is 130 Å². The molecule has 0 aromatic heterocycles. The molecule has 0 saturated carbocycles.